The smallest absolute Gasteiger partial charge is 0.215 e. The second kappa shape index (κ2) is 8.96. The standard InChI is InChI=1S/C11H17O2P.ClH/c1-3-4-9-12-14-13-11-7-5-10(2)6-8-11;/h5-8,14H,3-4,9H2,1-2H3;1H. The minimum absolute atomic E-state index is 0. The van der Waals surface area contributed by atoms with Crippen molar-refractivity contribution in [3.8, 4) is 5.75 Å². The SMILES string of the molecule is CCCCOPOc1ccc(C)cc1.Cl. The number of hydrogen-bond acceptors (Lipinski definition) is 2. The molecule has 0 aromatic heterocycles. The Kier molecular flexibility index (Phi) is 8.79. The molecular weight excluding hydrogens is 231 g/mol. The number of halogens is 1. The average molecular weight is 249 g/mol. The summed E-state index contributed by atoms with van der Waals surface area (Å²) in [5, 5.41) is 0. The number of benzene rings is 1. The van der Waals surface area contributed by atoms with Crippen LogP contribution in [0.25, 0.3) is 0 Å². The van der Waals surface area contributed by atoms with Gasteiger partial charge in [0.25, 0.3) is 0 Å². The third-order valence-electron chi connectivity index (χ3n) is 1.84. The second-order valence-corrected chi connectivity index (χ2v) is 3.86. The first-order chi connectivity index (χ1) is 6.83. The maximum absolute atomic E-state index is 5.41. The first kappa shape index (κ1) is 14.7. The Morgan fingerprint density at radius 3 is 2.47 bits per heavy atom. The lowest BCUT2D eigenvalue weighted by Crippen LogP contribution is -1.86. The maximum Gasteiger partial charge on any atom is 0.215 e. The molecule has 1 aromatic carbocycles. The van der Waals surface area contributed by atoms with E-state index in [4.69, 9.17) is 9.05 Å². The van der Waals surface area contributed by atoms with Gasteiger partial charge < -0.3 is 9.05 Å². The summed E-state index contributed by atoms with van der Waals surface area (Å²) >= 11 is 0. The van der Waals surface area contributed by atoms with Crippen LogP contribution < -0.4 is 4.52 Å². The molecule has 2 nitrogen and oxygen atoms in total. The zero-order valence-electron chi connectivity index (χ0n) is 9.16. The quantitative estimate of drug-likeness (QED) is 0.557. The van der Waals surface area contributed by atoms with E-state index in [1.165, 1.54) is 5.56 Å². The molecule has 0 heterocycles. The Labute approximate surface area is 99.7 Å². The van der Waals surface area contributed by atoms with Crippen molar-refractivity contribution in [3.63, 3.8) is 0 Å². The molecule has 1 atom stereocenters. The van der Waals surface area contributed by atoms with Crippen LogP contribution in [0.3, 0.4) is 0 Å². The van der Waals surface area contributed by atoms with E-state index < -0.39 is 0 Å². The Morgan fingerprint density at radius 2 is 1.87 bits per heavy atom. The molecule has 0 aliphatic carbocycles. The molecule has 0 saturated heterocycles. The molecular formula is C11H18ClO2P. The van der Waals surface area contributed by atoms with Crippen LogP contribution in [0, 0.1) is 6.92 Å². The molecule has 4 heteroatoms. The van der Waals surface area contributed by atoms with Crippen LogP contribution in [0.1, 0.15) is 25.3 Å². The van der Waals surface area contributed by atoms with E-state index in [-0.39, 0.29) is 21.4 Å². The van der Waals surface area contributed by atoms with Crippen LogP contribution in [-0.2, 0) is 4.52 Å². The van der Waals surface area contributed by atoms with Crippen molar-refractivity contribution in [3.05, 3.63) is 29.8 Å². The fraction of sp³-hybridized carbons (Fsp3) is 0.455. The first-order valence-electron chi connectivity index (χ1n) is 4.93. The minimum Gasteiger partial charge on any atom is -0.450 e. The highest BCUT2D eigenvalue weighted by molar-refractivity contribution is 7.26. The van der Waals surface area contributed by atoms with E-state index in [2.05, 4.69) is 13.8 Å². The maximum atomic E-state index is 5.41. The summed E-state index contributed by atoms with van der Waals surface area (Å²) in [5.41, 5.74) is 1.24. The van der Waals surface area contributed by atoms with Crippen molar-refractivity contribution in [1.29, 1.82) is 0 Å². The average Bonchev–Trinajstić information content (AvgIpc) is 2.21. The summed E-state index contributed by atoms with van der Waals surface area (Å²) < 4.78 is 10.7. The summed E-state index contributed by atoms with van der Waals surface area (Å²) in [6, 6.07) is 7.99. The van der Waals surface area contributed by atoms with Crippen LogP contribution in [0.2, 0.25) is 0 Å². The zero-order valence-corrected chi connectivity index (χ0v) is 11.0. The van der Waals surface area contributed by atoms with Gasteiger partial charge in [-0.15, -0.1) is 12.4 Å². The predicted molar refractivity (Wildman–Crippen MR) is 68.2 cm³/mol. The lowest BCUT2D eigenvalue weighted by molar-refractivity contribution is 0.321. The predicted octanol–water partition coefficient (Wildman–Crippen LogP) is 4.12. The zero-order chi connectivity index (χ0) is 10.2. The van der Waals surface area contributed by atoms with Crippen LogP contribution in [-0.4, -0.2) is 6.61 Å². The highest BCUT2D eigenvalue weighted by atomic mass is 35.5. The molecule has 0 spiro atoms. The molecule has 15 heavy (non-hydrogen) atoms. The molecule has 0 aliphatic rings. The van der Waals surface area contributed by atoms with Crippen molar-refractivity contribution < 1.29 is 9.05 Å². The lowest BCUT2D eigenvalue weighted by Gasteiger charge is -2.05. The lowest BCUT2D eigenvalue weighted by atomic mass is 10.2. The van der Waals surface area contributed by atoms with Gasteiger partial charge in [-0.1, -0.05) is 31.0 Å². The van der Waals surface area contributed by atoms with Gasteiger partial charge >= 0.3 is 0 Å². The minimum atomic E-state index is 0. The van der Waals surface area contributed by atoms with E-state index >= 15 is 0 Å². The second-order valence-electron chi connectivity index (χ2n) is 3.20. The van der Waals surface area contributed by atoms with Crippen molar-refractivity contribution in [2.75, 3.05) is 6.61 Å². The molecule has 0 radical (unpaired) electrons. The van der Waals surface area contributed by atoms with Gasteiger partial charge in [0.05, 0.1) is 6.61 Å². The van der Waals surface area contributed by atoms with E-state index in [9.17, 15) is 0 Å². The fourth-order valence-corrected chi connectivity index (χ4v) is 1.46. The van der Waals surface area contributed by atoms with Gasteiger partial charge in [-0.25, -0.2) is 0 Å². The first-order valence-corrected chi connectivity index (χ1v) is 5.75. The summed E-state index contributed by atoms with van der Waals surface area (Å²) in [4.78, 5) is 0. The Morgan fingerprint density at radius 1 is 1.20 bits per heavy atom. The topological polar surface area (TPSA) is 18.5 Å². The van der Waals surface area contributed by atoms with Gasteiger partial charge in [0.1, 0.15) is 5.75 Å². The van der Waals surface area contributed by atoms with E-state index in [1.54, 1.807) is 0 Å². The van der Waals surface area contributed by atoms with Crippen LogP contribution in [0.5, 0.6) is 5.75 Å². The molecule has 0 saturated carbocycles. The summed E-state index contributed by atoms with van der Waals surface area (Å²) in [6.45, 7) is 5.00. The van der Waals surface area contributed by atoms with Gasteiger partial charge in [0.15, 0.2) is 0 Å². The molecule has 86 valence electrons. The molecule has 0 N–H and O–H groups in total. The molecule has 0 amide bonds. The van der Waals surface area contributed by atoms with Gasteiger partial charge in [0.2, 0.25) is 9.03 Å². The molecule has 0 fully saturated rings. The summed E-state index contributed by atoms with van der Waals surface area (Å²) in [5.74, 6) is 0.880. The molecule has 1 unspecified atom stereocenters. The van der Waals surface area contributed by atoms with Crippen LogP contribution >= 0.6 is 21.4 Å². The van der Waals surface area contributed by atoms with Crippen molar-refractivity contribution >= 4 is 21.4 Å². The Hall–Kier alpha value is -0.300. The van der Waals surface area contributed by atoms with Crippen LogP contribution in [0.15, 0.2) is 24.3 Å². The van der Waals surface area contributed by atoms with Gasteiger partial charge in [-0.3, -0.25) is 0 Å². The molecule has 0 bridgehead atoms. The largest absolute Gasteiger partial charge is 0.450 e. The summed E-state index contributed by atoms with van der Waals surface area (Å²) in [6.07, 6.45) is 2.26. The van der Waals surface area contributed by atoms with E-state index in [0.29, 0.717) is 0 Å². The van der Waals surface area contributed by atoms with Crippen molar-refractivity contribution in [2.45, 2.75) is 26.7 Å². The number of unbranched alkanes of at least 4 members (excludes halogenated alkanes) is 1. The van der Waals surface area contributed by atoms with Crippen LogP contribution in [0.4, 0.5) is 0 Å². The molecule has 0 aliphatic heterocycles. The Bertz CT molecular complexity index is 251. The molecule has 1 aromatic rings. The van der Waals surface area contributed by atoms with Gasteiger partial charge in [0, 0.05) is 0 Å². The van der Waals surface area contributed by atoms with Crippen molar-refractivity contribution in [2.24, 2.45) is 0 Å². The Balaban J connectivity index is 0.00000196. The van der Waals surface area contributed by atoms with Gasteiger partial charge in [-0.2, -0.15) is 0 Å². The third kappa shape index (κ3) is 6.72. The van der Waals surface area contributed by atoms with E-state index in [1.807, 2.05) is 24.3 Å². The summed E-state index contributed by atoms with van der Waals surface area (Å²) in [7, 11) is 0.116. The number of rotatable bonds is 6. The van der Waals surface area contributed by atoms with Gasteiger partial charge in [-0.05, 0) is 25.5 Å². The highest BCUT2D eigenvalue weighted by Gasteiger charge is 1.93. The third-order valence-corrected chi connectivity index (χ3v) is 2.48. The normalized spacial score (nSPS) is 10.3. The van der Waals surface area contributed by atoms with E-state index in [0.717, 1.165) is 25.2 Å². The monoisotopic (exact) mass is 248 g/mol. The van der Waals surface area contributed by atoms with Crippen molar-refractivity contribution in [1.82, 2.24) is 0 Å². The highest BCUT2D eigenvalue weighted by Crippen LogP contribution is 2.21. The number of aryl methyl sites for hydroxylation is 1. The number of hydrogen-bond donors (Lipinski definition) is 0. The fourth-order valence-electron chi connectivity index (χ4n) is 0.942. The molecule has 1 rings (SSSR count).